The van der Waals surface area contributed by atoms with Gasteiger partial charge in [0.1, 0.15) is 23.2 Å². The van der Waals surface area contributed by atoms with Crippen LogP contribution in [0.4, 0.5) is 17.6 Å². The van der Waals surface area contributed by atoms with Crippen molar-refractivity contribution in [3.05, 3.63) is 61.1 Å². The third-order valence-electron chi connectivity index (χ3n) is 3.59. The molecule has 2 rings (SSSR count). The maximum absolute atomic E-state index is 14.5. The third kappa shape index (κ3) is 4.25. The average Bonchev–Trinajstić information content (AvgIpc) is 2.60. The Bertz CT molecular complexity index is 1050. The summed E-state index contributed by atoms with van der Waals surface area (Å²) in [6.07, 6.45) is -3.29. The van der Waals surface area contributed by atoms with Crippen LogP contribution < -0.4 is 11.2 Å². The minimum absolute atomic E-state index is 0.0779. The smallest absolute Gasteiger partial charge is 0.395 e. The first-order chi connectivity index (χ1) is 13.0. The molecule has 0 bridgehead atoms. The normalized spacial score (nSPS) is 12.4. The molecule has 0 aliphatic rings. The highest BCUT2D eigenvalue weighted by molar-refractivity contribution is 8.13. The van der Waals surface area contributed by atoms with Gasteiger partial charge in [0, 0.05) is 18.7 Å². The van der Waals surface area contributed by atoms with Crippen LogP contribution in [0.1, 0.15) is 18.2 Å². The van der Waals surface area contributed by atoms with Gasteiger partial charge in [0.05, 0.1) is 10.7 Å². The average molecular weight is 440 g/mol. The molecule has 1 aromatic heterocycles. The number of oxime groups is 1. The predicted molar refractivity (Wildman–Crippen MR) is 98.9 cm³/mol. The second-order valence-electron chi connectivity index (χ2n) is 5.34. The van der Waals surface area contributed by atoms with Crippen LogP contribution in [0.3, 0.4) is 0 Å². The Balaban J connectivity index is 2.80. The molecule has 1 aromatic carbocycles. The number of halogens is 5. The molecule has 1 heterocycles. The summed E-state index contributed by atoms with van der Waals surface area (Å²) in [4.78, 5) is 29.5. The largest absolute Gasteiger partial charge is 0.431 e. The van der Waals surface area contributed by atoms with Gasteiger partial charge < -0.3 is 4.84 Å². The Morgan fingerprint density at radius 2 is 1.93 bits per heavy atom. The van der Waals surface area contributed by atoms with Gasteiger partial charge in [-0.05, 0) is 25.3 Å². The first kappa shape index (κ1) is 22.0. The minimum atomic E-state index is -4.92. The van der Waals surface area contributed by atoms with Crippen LogP contribution in [0.15, 0.2) is 32.9 Å². The Kier molecular flexibility index (Phi) is 6.60. The zero-order valence-electron chi connectivity index (χ0n) is 14.8. The molecule has 6 nitrogen and oxygen atoms in total. The van der Waals surface area contributed by atoms with Crippen molar-refractivity contribution < 1.29 is 22.4 Å². The van der Waals surface area contributed by atoms with E-state index in [0.717, 1.165) is 30.9 Å². The highest BCUT2D eigenvalue weighted by Gasteiger charge is 2.35. The van der Waals surface area contributed by atoms with Crippen LogP contribution in [0, 0.1) is 5.82 Å². The zero-order chi connectivity index (χ0) is 21.2. The Hall–Kier alpha value is -2.27. The lowest BCUT2D eigenvalue weighted by molar-refractivity contribution is -0.144. The van der Waals surface area contributed by atoms with Crippen molar-refractivity contribution in [3.63, 3.8) is 0 Å². The molecule has 0 saturated carbocycles. The van der Waals surface area contributed by atoms with Crippen LogP contribution >= 0.6 is 23.4 Å². The lowest BCUT2D eigenvalue weighted by atomic mass is 10.2. The Morgan fingerprint density at radius 1 is 1.29 bits per heavy atom. The highest BCUT2D eigenvalue weighted by atomic mass is 35.5. The molecule has 0 saturated heterocycles. The standard InChI is InChI=1S/C16H14ClF4N3O3S/c1-4-27-22-14(28-3)8-5-11(10(18)6-9(8)17)24-13(25)7-12(16(19,20)21)23(2)15(24)26/h5-7H,4H2,1-3H3/b22-14-. The summed E-state index contributed by atoms with van der Waals surface area (Å²) in [5.41, 5.74) is -4.56. The van der Waals surface area contributed by atoms with Crippen molar-refractivity contribution in [2.75, 3.05) is 12.9 Å². The van der Waals surface area contributed by atoms with Crippen LogP contribution in [-0.4, -0.2) is 27.0 Å². The van der Waals surface area contributed by atoms with Gasteiger partial charge in [0.25, 0.3) is 5.56 Å². The maximum Gasteiger partial charge on any atom is 0.431 e. The van der Waals surface area contributed by atoms with Gasteiger partial charge in [0.15, 0.2) is 0 Å². The molecule has 0 unspecified atom stereocenters. The summed E-state index contributed by atoms with van der Waals surface area (Å²) in [6, 6.07) is 2.12. The van der Waals surface area contributed by atoms with Gasteiger partial charge in [-0.1, -0.05) is 16.8 Å². The number of hydrogen-bond donors (Lipinski definition) is 0. The van der Waals surface area contributed by atoms with E-state index in [2.05, 4.69) is 5.16 Å². The molecule has 0 atom stereocenters. The van der Waals surface area contributed by atoms with Gasteiger partial charge in [-0.2, -0.15) is 13.2 Å². The van der Waals surface area contributed by atoms with Gasteiger partial charge in [-0.25, -0.2) is 13.8 Å². The summed E-state index contributed by atoms with van der Waals surface area (Å²) in [5, 5.41) is 3.97. The van der Waals surface area contributed by atoms with Crippen molar-refractivity contribution >= 4 is 28.4 Å². The monoisotopic (exact) mass is 439 g/mol. The van der Waals surface area contributed by atoms with Crippen LogP contribution in [0.5, 0.6) is 0 Å². The van der Waals surface area contributed by atoms with Gasteiger partial charge in [-0.3, -0.25) is 9.36 Å². The number of rotatable bonds is 4. The summed E-state index contributed by atoms with van der Waals surface area (Å²) in [7, 11) is 0.833. The molecule has 0 aliphatic carbocycles. The van der Waals surface area contributed by atoms with E-state index in [4.69, 9.17) is 16.4 Å². The number of hydrogen-bond acceptors (Lipinski definition) is 5. The zero-order valence-corrected chi connectivity index (χ0v) is 16.4. The van der Waals surface area contributed by atoms with E-state index in [1.807, 2.05) is 0 Å². The first-order valence-corrected chi connectivity index (χ1v) is 9.27. The van der Waals surface area contributed by atoms with Crippen molar-refractivity contribution in [3.8, 4) is 5.69 Å². The van der Waals surface area contributed by atoms with E-state index < -0.39 is 34.6 Å². The minimum Gasteiger partial charge on any atom is -0.395 e. The molecule has 0 spiro atoms. The molecule has 12 heteroatoms. The van der Waals surface area contributed by atoms with E-state index >= 15 is 0 Å². The fourth-order valence-electron chi connectivity index (χ4n) is 2.31. The topological polar surface area (TPSA) is 65.6 Å². The molecule has 0 aliphatic heterocycles. The van der Waals surface area contributed by atoms with E-state index in [9.17, 15) is 27.2 Å². The van der Waals surface area contributed by atoms with Gasteiger partial charge in [-0.15, -0.1) is 11.8 Å². The number of nitrogens with zero attached hydrogens (tertiary/aromatic N) is 3. The molecule has 152 valence electrons. The van der Waals surface area contributed by atoms with E-state index in [-0.39, 0.29) is 32.9 Å². The molecular weight excluding hydrogens is 426 g/mol. The lowest BCUT2D eigenvalue weighted by Crippen LogP contribution is -2.41. The Morgan fingerprint density at radius 3 is 2.46 bits per heavy atom. The lowest BCUT2D eigenvalue weighted by Gasteiger charge is -2.15. The predicted octanol–water partition coefficient (Wildman–Crippen LogP) is 3.41. The summed E-state index contributed by atoms with van der Waals surface area (Å²) >= 11 is 7.13. The number of thioether (sulfide) groups is 1. The Labute approximate surface area is 165 Å². The molecule has 0 amide bonds. The maximum atomic E-state index is 14.5. The summed E-state index contributed by atoms with van der Waals surface area (Å²) < 4.78 is 53.9. The molecule has 28 heavy (non-hydrogen) atoms. The highest BCUT2D eigenvalue weighted by Crippen LogP contribution is 2.28. The molecule has 0 radical (unpaired) electrons. The first-order valence-electron chi connectivity index (χ1n) is 7.66. The van der Waals surface area contributed by atoms with Crippen molar-refractivity contribution in [2.24, 2.45) is 12.2 Å². The fraction of sp³-hybridized carbons (Fsp3) is 0.312. The molecule has 2 aromatic rings. The van der Waals surface area contributed by atoms with Crippen LogP contribution in [-0.2, 0) is 18.1 Å². The fourth-order valence-corrected chi connectivity index (χ4v) is 3.12. The number of aromatic nitrogens is 2. The van der Waals surface area contributed by atoms with Gasteiger partial charge in [0.2, 0.25) is 0 Å². The number of alkyl halides is 3. The summed E-state index contributed by atoms with van der Waals surface area (Å²) in [6.45, 7) is 1.93. The SMILES string of the molecule is CCO/N=C(\SC)c1cc(-n2c(=O)cc(C(F)(F)F)n(C)c2=O)c(F)cc1Cl. The van der Waals surface area contributed by atoms with Crippen LogP contribution in [0.25, 0.3) is 5.69 Å². The third-order valence-corrected chi connectivity index (χ3v) is 4.58. The molecule has 0 fully saturated rings. The van der Waals surface area contributed by atoms with E-state index in [0.29, 0.717) is 4.57 Å². The van der Waals surface area contributed by atoms with Crippen molar-refractivity contribution in [1.82, 2.24) is 9.13 Å². The second-order valence-corrected chi connectivity index (χ2v) is 6.55. The summed E-state index contributed by atoms with van der Waals surface area (Å²) in [5.74, 6) is -1.07. The van der Waals surface area contributed by atoms with E-state index in [1.54, 1.807) is 13.2 Å². The second kappa shape index (κ2) is 8.39. The van der Waals surface area contributed by atoms with Crippen LogP contribution in [0.2, 0.25) is 5.02 Å². The van der Waals surface area contributed by atoms with E-state index in [1.165, 1.54) is 0 Å². The number of benzene rings is 1. The van der Waals surface area contributed by atoms with Crippen molar-refractivity contribution in [2.45, 2.75) is 13.1 Å². The quantitative estimate of drug-likeness (QED) is 0.317. The van der Waals surface area contributed by atoms with Gasteiger partial charge >= 0.3 is 11.9 Å². The molecular formula is C16H14ClF4N3O3S. The van der Waals surface area contributed by atoms with Crippen molar-refractivity contribution in [1.29, 1.82) is 0 Å². The molecule has 0 N–H and O–H groups in total.